The lowest BCUT2D eigenvalue weighted by Crippen LogP contribution is -2.10. The van der Waals surface area contributed by atoms with Crippen LogP contribution in [0, 0.1) is 0 Å². The van der Waals surface area contributed by atoms with E-state index in [-0.39, 0.29) is 17.9 Å². The van der Waals surface area contributed by atoms with Gasteiger partial charge in [0.2, 0.25) is 0 Å². The molecule has 0 atom stereocenters. The van der Waals surface area contributed by atoms with Crippen molar-refractivity contribution in [3.05, 3.63) is 51.7 Å². The second-order valence-corrected chi connectivity index (χ2v) is 5.02. The van der Waals surface area contributed by atoms with E-state index in [2.05, 4.69) is 0 Å². The molecule has 6 heteroatoms. The van der Waals surface area contributed by atoms with Crippen LogP contribution in [0.25, 0.3) is 0 Å². The molecule has 0 aliphatic heterocycles. The van der Waals surface area contributed by atoms with Gasteiger partial charge in [0.15, 0.2) is 0 Å². The molecule has 0 amide bonds. The van der Waals surface area contributed by atoms with Gasteiger partial charge in [-0.2, -0.15) is 13.2 Å². The van der Waals surface area contributed by atoms with Crippen LogP contribution in [-0.4, -0.2) is 0 Å². The second-order valence-electron chi connectivity index (χ2n) is 3.99. The van der Waals surface area contributed by atoms with E-state index in [0.717, 1.165) is 10.9 Å². The first-order chi connectivity index (χ1) is 8.97. The third-order valence-corrected chi connectivity index (χ3v) is 3.37. The quantitative estimate of drug-likeness (QED) is 0.860. The maximum atomic E-state index is 12.8. The second kappa shape index (κ2) is 5.63. The van der Waals surface area contributed by atoms with E-state index in [1.807, 2.05) is 17.5 Å². The molecule has 0 saturated heterocycles. The summed E-state index contributed by atoms with van der Waals surface area (Å²) in [5, 5.41) is 1.89. The molecule has 0 unspecified atom stereocenters. The van der Waals surface area contributed by atoms with Gasteiger partial charge in [-0.05, 0) is 29.1 Å². The van der Waals surface area contributed by atoms with Gasteiger partial charge in [0.25, 0.3) is 0 Å². The molecule has 2 nitrogen and oxygen atoms in total. The Labute approximate surface area is 112 Å². The number of hydrogen-bond acceptors (Lipinski definition) is 3. The zero-order chi connectivity index (χ0) is 13.9. The minimum absolute atomic E-state index is 0.0903. The number of nitrogens with two attached hydrogens (primary N) is 1. The van der Waals surface area contributed by atoms with Crippen LogP contribution in [0.1, 0.15) is 16.0 Å². The Balaban J connectivity index is 2.07. The Morgan fingerprint density at radius 1 is 1.16 bits per heavy atom. The topological polar surface area (TPSA) is 35.2 Å². The number of thiophene rings is 1. The lowest BCUT2D eigenvalue weighted by atomic mass is 10.1. The number of alkyl halides is 3. The van der Waals surface area contributed by atoms with Crippen LogP contribution in [0.15, 0.2) is 35.7 Å². The van der Waals surface area contributed by atoms with Crippen LogP contribution in [0.3, 0.4) is 0 Å². The fraction of sp³-hybridized carbons (Fsp3) is 0.231. The normalized spacial score (nSPS) is 11.7. The highest BCUT2D eigenvalue weighted by Crippen LogP contribution is 2.33. The van der Waals surface area contributed by atoms with Gasteiger partial charge in [-0.1, -0.05) is 12.1 Å². The fourth-order valence-electron chi connectivity index (χ4n) is 1.64. The van der Waals surface area contributed by atoms with Crippen molar-refractivity contribution in [2.24, 2.45) is 0 Å². The fourth-order valence-corrected chi connectivity index (χ4v) is 2.28. The zero-order valence-corrected chi connectivity index (χ0v) is 10.7. The van der Waals surface area contributed by atoms with Crippen molar-refractivity contribution in [1.29, 1.82) is 0 Å². The first-order valence-corrected chi connectivity index (χ1v) is 6.40. The van der Waals surface area contributed by atoms with Crippen LogP contribution in [0.2, 0.25) is 0 Å². The molecule has 1 aromatic heterocycles. The van der Waals surface area contributed by atoms with Crippen LogP contribution in [0.4, 0.5) is 18.9 Å². The third kappa shape index (κ3) is 3.71. The number of rotatable bonds is 4. The van der Waals surface area contributed by atoms with Gasteiger partial charge < -0.3 is 10.5 Å². The average molecular weight is 287 g/mol. The molecule has 19 heavy (non-hydrogen) atoms. The Hall–Kier alpha value is -1.53. The third-order valence-electron chi connectivity index (χ3n) is 2.52. The molecule has 2 rings (SSSR count). The van der Waals surface area contributed by atoms with Crippen LogP contribution >= 0.6 is 11.3 Å². The minimum atomic E-state index is -4.42. The molecule has 0 saturated carbocycles. The number of nitrogen functional groups attached to an aromatic ring is 1. The van der Waals surface area contributed by atoms with Crippen molar-refractivity contribution in [3.63, 3.8) is 0 Å². The van der Waals surface area contributed by atoms with E-state index in [0.29, 0.717) is 6.61 Å². The molecule has 0 aliphatic rings. The first kappa shape index (κ1) is 13.9. The van der Waals surface area contributed by atoms with Crippen molar-refractivity contribution < 1.29 is 17.9 Å². The molecule has 0 fully saturated rings. The van der Waals surface area contributed by atoms with Gasteiger partial charge in [0.05, 0.1) is 18.8 Å². The number of benzene rings is 1. The lowest BCUT2D eigenvalue weighted by molar-refractivity contribution is -0.138. The summed E-state index contributed by atoms with van der Waals surface area (Å²) in [5.74, 6) is 0. The molecule has 0 spiro atoms. The number of anilines is 1. The van der Waals surface area contributed by atoms with Crippen LogP contribution < -0.4 is 5.73 Å². The van der Waals surface area contributed by atoms with Gasteiger partial charge in [0.1, 0.15) is 0 Å². The summed E-state index contributed by atoms with van der Waals surface area (Å²) in [6, 6.07) is 7.47. The Morgan fingerprint density at radius 2 is 1.95 bits per heavy atom. The van der Waals surface area contributed by atoms with E-state index < -0.39 is 11.7 Å². The standard InChI is InChI=1S/C13H12F3NOS/c14-13(15,16)12-6-10(17)4-3-9(12)7-18-8-11-2-1-5-19-11/h1-6H,7-8,17H2. The zero-order valence-electron chi connectivity index (χ0n) is 9.91. The van der Waals surface area contributed by atoms with E-state index in [9.17, 15) is 13.2 Å². The molecular weight excluding hydrogens is 275 g/mol. The average Bonchev–Trinajstić information content (AvgIpc) is 2.83. The van der Waals surface area contributed by atoms with Crippen molar-refractivity contribution in [2.45, 2.75) is 19.4 Å². The maximum absolute atomic E-state index is 12.8. The molecule has 2 N–H and O–H groups in total. The summed E-state index contributed by atoms with van der Waals surface area (Å²) >= 11 is 1.50. The summed E-state index contributed by atoms with van der Waals surface area (Å²) < 4.78 is 43.8. The summed E-state index contributed by atoms with van der Waals surface area (Å²) in [5.41, 5.74) is 4.84. The number of hydrogen-bond donors (Lipinski definition) is 1. The minimum Gasteiger partial charge on any atom is -0.399 e. The lowest BCUT2D eigenvalue weighted by Gasteiger charge is -2.13. The highest BCUT2D eigenvalue weighted by Gasteiger charge is 2.33. The van der Waals surface area contributed by atoms with Gasteiger partial charge in [-0.15, -0.1) is 11.3 Å². The van der Waals surface area contributed by atoms with Gasteiger partial charge in [0, 0.05) is 10.6 Å². The van der Waals surface area contributed by atoms with Crippen molar-refractivity contribution in [3.8, 4) is 0 Å². The van der Waals surface area contributed by atoms with Crippen LogP contribution in [0.5, 0.6) is 0 Å². The largest absolute Gasteiger partial charge is 0.416 e. The molecule has 0 bridgehead atoms. The van der Waals surface area contributed by atoms with Gasteiger partial charge in [-0.25, -0.2) is 0 Å². The van der Waals surface area contributed by atoms with Crippen molar-refractivity contribution >= 4 is 17.0 Å². The predicted molar refractivity (Wildman–Crippen MR) is 68.7 cm³/mol. The molecular formula is C13H12F3NOS. The van der Waals surface area contributed by atoms with Crippen LogP contribution in [-0.2, 0) is 24.1 Å². The predicted octanol–water partition coefficient (Wildman–Crippen LogP) is 4.07. The maximum Gasteiger partial charge on any atom is 0.416 e. The summed E-state index contributed by atoms with van der Waals surface area (Å²) in [6.07, 6.45) is -4.42. The number of halogens is 3. The van der Waals surface area contributed by atoms with E-state index in [1.165, 1.54) is 23.5 Å². The summed E-state index contributed by atoms with van der Waals surface area (Å²) in [7, 11) is 0. The molecule has 102 valence electrons. The van der Waals surface area contributed by atoms with E-state index in [1.54, 1.807) is 0 Å². The number of ether oxygens (including phenoxy) is 1. The first-order valence-electron chi connectivity index (χ1n) is 5.52. The smallest absolute Gasteiger partial charge is 0.399 e. The summed E-state index contributed by atoms with van der Waals surface area (Å²) in [6.45, 7) is 0.215. The van der Waals surface area contributed by atoms with Gasteiger partial charge >= 0.3 is 6.18 Å². The molecule has 1 heterocycles. The molecule has 1 aromatic carbocycles. The van der Waals surface area contributed by atoms with Gasteiger partial charge in [-0.3, -0.25) is 0 Å². The molecule has 2 aromatic rings. The SMILES string of the molecule is Nc1ccc(COCc2cccs2)c(C(F)(F)F)c1. The Bertz CT molecular complexity index is 537. The van der Waals surface area contributed by atoms with Crippen molar-refractivity contribution in [1.82, 2.24) is 0 Å². The summed E-state index contributed by atoms with van der Waals surface area (Å²) in [4.78, 5) is 0.976. The molecule has 0 radical (unpaired) electrons. The highest BCUT2D eigenvalue weighted by molar-refractivity contribution is 7.09. The molecule has 0 aliphatic carbocycles. The van der Waals surface area contributed by atoms with E-state index >= 15 is 0 Å². The monoisotopic (exact) mass is 287 g/mol. The van der Waals surface area contributed by atoms with E-state index in [4.69, 9.17) is 10.5 Å². The van der Waals surface area contributed by atoms with Crippen molar-refractivity contribution in [2.75, 3.05) is 5.73 Å². The Morgan fingerprint density at radius 3 is 2.58 bits per heavy atom. The highest BCUT2D eigenvalue weighted by atomic mass is 32.1. The Kier molecular flexibility index (Phi) is 4.11.